The first-order chi connectivity index (χ1) is 14.1. The Morgan fingerprint density at radius 2 is 1.76 bits per heavy atom. The van der Waals surface area contributed by atoms with Gasteiger partial charge >= 0.3 is 0 Å². The summed E-state index contributed by atoms with van der Waals surface area (Å²) in [6, 6.07) is 17.4. The highest BCUT2D eigenvalue weighted by Gasteiger charge is 2.22. The smallest absolute Gasteiger partial charge is 0.278 e. The summed E-state index contributed by atoms with van der Waals surface area (Å²) in [5.41, 5.74) is 5.71. The summed E-state index contributed by atoms with van der Waals surface area (Å²) in [4.78, 5) is 12.8. The van der Waals surface area contributed by atoms with Crippen LogP contribution in [0.4, 0.5) is 5.69 Å². The molecular weight excluding hydrogens is 366 g/mol. The Bertz CT molecular complexity index is 1180. The molecule has 1 N–H and O–H groups in total. The fourth-order valence-corrected chi connectivity index (χ4v) is 3.29. The topological polar surface area (TPSA) is 81.4 Å². The van der Waals surface area contributed by atoms with E-state index in [0.717, 1.165) is 28.1 Å². The average Bonchev–Trinajstić information content (AvgIpc) is 3.10. The van der Waals surface area contributed by atoms with E-state index in [0.29, 0.717) is 17.9 Å². The van der Waals surface area contributed by atoms with Crippen molar-refractivity contribution < 1.29 is 9.53 Å². The minimum atomic E-state index is -0.323. The van der Waals surface area contributed by atoms with Gasteiger partial charge in [-0.05, 0) is 31.0 Å². The zero-order chi connectivity index (χ0) is 20.4. The van der Waals surface area contributed by atoms with Crippen molar-refractivity contribution in [2.45, 2.75) is 20.5 Å². The maximum absolute atomic E-state index is 12.8. The van der Waals surface area contributed by atoms with E-state index in [1.54, 1.807) is 11.6 Å². The Hall–Kier alpha value is -3.58. The van der Waals surface area contributed by atoms with Crippen LogP contribution >= 0.6 is 0 Å². The van der Waals surface area contributed by atoms with E-state index >= 15 is 0 Å². The van der Waals surface area contributed by atoms with Crippen molar-refractivity contribution >= 4 is 17.2 Å². The van der Waals surface area contributed by atoms with Crippen LogP contribution in [0.15, 0.2) is 54.6 Å². The van der Waals surface area contributed by atoms with E-state index in [9.17, 15) is 4.79 Å². The molecule has 0 radical (unpaired) electrons. The highest BCUT2D eigenvalue weighted by Crippen LogP contribution is 2.28. The number of nitrogens with one attached hydrogen (secondary N) is 1. The van der Waals surface area contributed by atoms with E-state index in [1.165, 1.54) is 0 Å². The van der Waals surface area contributed by atoms with Gasteiger partial charge in [-0.1, -0.05) is 48.5 Å². The van der Waals surface area contributed by atoms with Gasteiger partial charge in [0, 0.05) is 12.8 Å². The van der Waals surface area contributed by atoms with Gasteiger partial charge in [-0.15, -0.1) is 10.2 Å². The first-order valence-electron chi connectivity index (χ1n) is 9.26. The third-order valence-electron chi connectivity index (χ3n) is 4.79. The number of amides is 1. The monoisotopic (exact) mass is 387 g/mol. The standard InChI is InChI=1S/C22H21N5O2/c1-14-9-7-8-12-17(14)23-22(28)20-15(2)27-21(25-24-20)19(18(26-27)13-29-3)16-10-5-4-6-11-16/h4-12H,13H2,1-3H3,(H,23,28). The molecule has 0 spiro atoms. The Balaban J connectivity index is 1.80. The number of rotatable bonds is 5. The quantitative estimate of drug-likeness (QED) is 0.563. The van der Waals surface area contributed by atoms with Crippen molar-refractivity contribution in [3.8, 4) is 11.1 Å². The number of ether oxygens (including phenoxy) is 1. The SMILES string of the molecule is COCc1nn2c(C)c(C(=O)Nc3ccccc3C)nnc2c1-c1ccccc1. The van der Waals surface area contributed by atoms with E-state index in [4.69, 9.17) is 4.74 Å². The fourth-order valence-electron chi connectivity index (χ4n) is 3.29. The average molecular weight is 387 g/mol. The lowest BCUT2D eigenvalue weighted by Gasteiger charge is -2.09. The number of para-hydroxylation sites is 1. The molecule has 1 amide bonds. The minimum Gasteiger partial charge on any atom is -0.378 e. The van der Waals surface area contributed by atoms with Crippen molar-refractivity contribution in [1.29, 1.82) is 0 Å². The molecule has 0 aliphatic heterocycles. The second-order valence-electron chi connectivity index (χ2n) is 6.76. The van der Waals surface area contributed by atoms with Crippen LogP contribution in [0.2, 0.25) is 0 Å². The zero-order valence-electron chi connectivity index (χ0n) is 16.5. The molecule has 0 atom stereocenters. The van der Waals surface area contributed by atoms with Crippen molar-refractivity contribution in [3.05, 3.63) is 77.2 Å². The number of aryl methyl sites for hydroxylation is 2. The molecule has 146 valence electrons. The Kier molecular flexibility index (Phi) is 5.05. The number of hydrogen-bond acceptors (Lipinski definition) is 5. The molecule has 4 rings (SSSR count). The third kappa shape index (κ3) is 3.48. The van der Waals surface area contributed by atoms with Crippen LogP contribution in [0.1, 0.15) is 27.4 Å². The molecule has 7 heteroatoms. The lowest BCUT2D eigenvalue weighted by molar-refractivity contribution is 0.102. The lowest BCUT2D eigenvalue weighted by atomic mass is 10.1. The van der Waals surface area contributed by atoms with Gasteiger partial charge in [-0.2, -0.15) is 5.10 Å². The van der Waals surface area contributed by atoms with Gasteiger partial charge in [-0.3, -0.25) is 4.79 Å². The number of anilines is 1. The van der Waals surface area contributed by atoms with E-state index in [2.05, 4.69) is 20.6 Å². The summed E-state index contributed by atoms with van der Waals surface area (Å²) in [6.07, 6.45) is 0. The molecule has 0 aliphatic rings. The Morgan fingerprint density at radius 1 is 1.03 bits per heavy atom. The van der Waals surface area contributed by atoms with Gasteiger partial charge in [0.2, 0.25) is 0 Å². The van der Waals surface area contributed by atoms with Crippen LogP contribution < -0.4 is 5.32 Å². The van der Waals surface area contributed by atoms with Crippen LogP contribution in [0.5, 0.6) is 0 Å². The number of carbonyl (C=O) groups is 1. The number of aromatic nitrogens is 4. The summed E-state index contributed by atoms with van der Waals surface area (Å²) < 4.78 is 6.99. The lowest BCUT2D eigenvalue weighted by Crippen LogP contribution is -2.19. The number of fused-ring (bicyclic) bond motifs is 1. The highest BCUT2D eigenvalue weighted by atomic mass is 16.5. The molecule has 2 heterocycles. The van der Waals surface area contributed by atoms with Gasteiger partial charge in [0.05, 0.1) is 23.6 Å². The molecule has 0 saturated heterocycles. The summed E-state index contributed by atoms with van der Waals surface area (Å²) in [5, 5.41) is 16.1. The van der Waals surface area contributed by atoms with Gasteiger partial charge in [0.1, 0.15) is 0 Å². The molecule has 4 aromatic rings. The molecule has 0 fully saturated rings. The van der Waals surface area contributed by atoms with Crippen LogP contribution in [0, 0.1) is 13.8 Å². The second kappa shape index (κ2) is 7.81. The first-order valence-corrected chi connectivity index (χ1v) is 9.26. The van der Waals surface area contributed by atoms with Gasteiger partial charge in [0.15, 0.2) is 11.3 Å². The third-order valence-corrected chi connectivity index (χ3v) is 4.79. The molecule has 2 aromatic carbocycles. The number of nitrogens with zero attached hydrogens (tertiary/aromatic N) is 4. The van der Waals surface area contributed by atoms with Crippen LogP contribution in [-0.2, 0) is 11.3 Å². The molecule has 0 aliphatic carbocycles. The Labute approximate surface area is 168 Å². The van der Waals surface area contributed by atoms with E-state index in [1.807, 2.05) is 68.4 Å². The predicted octanol–water partition coefficient (Wildman–Crippen LogP) is 3.81. The van der Waals surface area contributed by atoms with Crippen molar-refractivity contribution in [1.82, 2.24) is 19.8 Å². The molecule has 2 aromatic heterocycles. The predicted molar refractivity (Wildman–Crippen MR) is 111 cm³/mol. The molecule has 0 bridgehead atoms. The fraction of sp³-hybridized carbons (Fsp3) is 0.182. The number of benzene rings is 2. The largest absolute Gasteiger partial charge is 0.378 e. The van der Waals surface area contributed by atoms with Gasteiger partial charge in [-0.25, -0.2) is 4.52 Å². The molecule has 0 saturated carbocycles. The van der Waals surface area contributed by atoms with Crippen LogP contribution in [-0.4, -0.2) is 32.8 Å². The molecule has 29 heavy (non-hydrogen) atoms. The Morgan fingerprint density at radius 3 is 2.48 bits per heavy atom. The van der Waals surface area contributed by atoms with E-state index in [-0.39, 0.29) is 11.6 Å². The van der Waals surface area contributed by atoms with Crippen molar-refractivity contribution in [2.75, 3.05) is 12.4 Å². The van der Waals surface area contributed by atoms with Crippen molar-refractivity contribution in [2.24, 2.45) is 0 Å². The first kappa shape index (κ1) is 18.8. The number of methoxy groups -OCH3 is 1. The highest BCUT2D eigenvalue weighted by molar-refractivity contribution is 6.04. The molecule has 7 nitrogen and oxygen atoms in total. The maximum Gasteiger partial charge on any atom is 0.278 e. The molecular formula is C22H21N5O2. The zero-order valence-corrected chi connectivity index (χ0v) is 16.5. The van der Waals surface area contributed by atoms with Gasteiger partial charge < -0.3 is 10.1 Å². The number of hydrogen-bond donors (Lipinski definition) is 1. The summed E-state index contributed by atoms with van der Waals surface area (Å²) in [6.45, 7) is 4.08. The summed E-state index contributed by atoms with van der Waals surface area (Å²) in [7, 11) is 1.62. The van der Waals surface area contributed by atoms with Crippen molar-refractivity contribution in [3.63, 3.8) is 0 Å². The van der Waals surface area contributed by atoms with E-state index < -0.39 is 0 Å². The van der Waals surface area contributed by atoms with Crippen LogP contribution in [0.25, 0.3) is 16.8 Å². The summed E-state index contributed by atoms with van der Waals surface area (Å²) >= 11 is 0. The maximum atomic E-state index is 12.8. The normalized spacial score (nSPS) is 11.0. The van der Waals surface area contributed by atoms with Crippen LogP contribution in [0.3, 0.4) is 0 Å². The number of carbonyl (C=O) groups excluding carboxylic acids is 1. The summed E-state index contributed by atoms with van der Waals surface area (Å²) in [5.74, 6) is -0.323. The molecule has 0 unspecified atom stereocenters. The minimum absolute atomic E-state index is 0.229. The van der Waals surface area contributed by atoms with Gasteiger partial charge in [0.25, 0.3) is 5.91 Å². The second-order valence-corrected chi connectivity index (χ2v) is 6.76.